The Hall–Kier alpha value is -1.07. The lowest BCUT2D eigenvalue weighted by Crippen LogP contribution is -2.32. The van der Waals surface area contributed by atoms with Gasteiger partial charge in [0.2, 0.25) is 10.0 Å². The summed E-state index contributed by atoms with van der Waals surface area (Å²) in [6.07, 6.45) is 0.751. The minimum atomic E-state index is -3.45. The number of benzene rings is 1. The molecule has 1 rings (SSSR count). The zero-order chi connectivity index (χ0) is 12.3. The van der Waals surface area contributed by atoms with Crippen LogP contribution in [0.5, 0.6) is 0 Å². The summed E-state index contributed by atoms with van der Waals surface area (Å²) >= 11 is 0. The SMILES string of the molecule is CCC(C)NS(=O)(=O)c1cccc(N)c1C. The van der Waals surface area contributed by atoms with Crippen LogP contribution in [0.25, 0.3) is 0 Å². The van der Waals surface area contributed by atoms with E-state index in [2.05, 4.69) is 4.72 Å². The first-order chi connectivity index (χ1) is 7.38. The van der Waals surface area contributed by atoms with E-state index in [1.165, 1.54) is 0 Å². The highest BCUT2D eigenvalue weighted by Gasteiger charge is 2.19. The van der Waals surface area contributed by atoms with Gasteiger partial charge < -0.3 is 5.73 Å². The smallest absolute Gasteiger partial charge is 0.241 e. The lowest BCUT2D eigenvalue weighted by atomic mass is 10.2. The van der Waals surface area contributed by atoms with E-state index in [1.807, 2.05) is 13.8 Å². The minimum absolute atomic E-state index is 0.0779. The van der Waals surface area contributed by atoms with Crippen molar-refractivity contribution in [3.05, 3.63) is 23.8 Å². The number of nitrogens with two attached hydrogens (primary N) is 1. The van der Waals surface area contributed by atoms with E-state index in [4.69, 9.17) is 5.73 Å². The zero-order valence-electron chi connectivity index (χ0n) is 9.82. The number of nitrogens with one attached hydrogen (secondary N) is 1. The summed E-state index contributed by atoms with van der Waals surface area (Å²) in [5.74, 6) is 0. The first-order valence-electron chi connectivity index (χ1n) is 5.26. The van der Waals surface area contributed by atoms with Crippen molar-refractivity contribution in [1.82, 2.24) is 4.72 Å². The van der Waals surface area contributed by atoms with Gasteiger partial charge in [0.05, 0.1) is 4.90 Å². The van der Waals surface area contributed by atoms with E-state index >= 15 is 0 Å². The largest absolute Gasteiger partial charge is 0.398 e. The molecule has 0 aromatic heterocycles. The quantitative estimate of drug-likeness (QED) is 0.789. The van der Waals surface area contributed by atoms with Crippen molar-refractivity contribution in [2.75, 3.05) is 5.73 Å². The van der Waals surface area contributed by atoms with Gasteiger partial charge in [0, 0.05) is 11.7 Å². The van der Waals surface area contributed by atoms with Gasteiger partial charge in [-0.1, -0.05) is 13.0 Å². The van der Waals surface area contributed by atoms with Gasteiger partial charge in [-0.15, -0.1) is 0 Å². The molecule has 3 N–H and O–H groups in total. The van der Waals surface area contributed by atoms with Crippen molar-refractivity contribution >= 4 is 15.7 Å². The van der Waals surface area contributed by atoms with E-state index in [1.54, 1.807) is 25.1 Å². The number of rotatable bonds is 4. The lowest BCUT2D eigenvalue weighted by Gasteiger charge is -2.14. The normalized spacial score (nSPS) is 13.7. The lowest BCUT2D eigenvalue weighted by molar-refractivity contribution is 0.555. The topological polar surface area (TPSA) is 72.2 Å². The van der Waals surface area contributed by atoms with Crippen LogP contribution < -0.4 is 10.5 Å². The molecule has 0 saturated heterocycles. The third-order valence-corrected chi connectivity index (χ3v) is 4.32. The first-order valence-corrected chi connectivity index (χ1v) is 6.74. The number of sulfonamides is 1. The molecule has 0 heterocycles. The average molecular weight is 242 g/mol. The summed E-state index contributed by atoms with van der Waals surface area (Å²) in [6.45, 7) is 5.47. The Morgan fingerprint density at radius 3 is 2.62 bits per heavy atom. The number of anilines is 1. The van der Waals surface area contributed by atoms with Crippen LogP contribution in [0, 0.1) is 6.92 Å². The Labute approximate surface area is 96.9 Å². The van der Waals surface area contributed by atoms with Crippen molar-refractivity contribution in [1.29, 1.82) is 0 Å². The summed E-state index contributed by atoms with van der Waals surface area (Å²) < 4.78 is 26.6. The molecule has 16 heavy (non-hydrogen) atoms. The highest BCUT2D eigenvalue weighted by molar-refractivity contribution is 7.89. The molecule has 1 aromatic rings. The molecule has 0 aliphatic carbocycles. The predicted molar refractivity (Wildman–Crippen MR) is 65.7 cm³/mol. The standard InChI is InChI=1S/C11H18N2O2S/c1-4-8(2)13-16(14,15)11-7-5-6-10(12)9(11)3/h5-8,13H,4,12H2,1-3H3. The molecule has 0 saturated carbocycles. The molecule has 1 aromatic carbocycles. The van der Waals surface area contributed by atoms with Crippen molar-refractivity contribution < 1.29 is 8.42 Å². The molecule has 1 atom stereocenters. The van der Waals surface area contributed by atoms with E-state index in [-0.39, 0.29) is 10.9 Å². The number of nitrogen functional groups attached to an aromatic ring is 1. The Kier molecular flexibility index (Phi) is 3.93. The predicted octanol–water partition coefficient (Wildman–Crippen LogP) is 1.65. The Morgan fingerprint density at radius 1 is 1.44 bits per heavy atom. The molecule has 5 heteroatoms. The third-order valence-electron chi connectivity index (χ3n) is 2.58. The zero-order valence-corrected chi connectivity index (χ0v) is 10.6. The maximum absolute atomic E-state index is 12.0. The summed E-state index contributed by atoms with van der Waals surface area (Å²) in [5, 5.41) is 0. The second kappa shape index (κ2) is 4.84. The number of hydrogen-bond donors (Lipinski definition) is 2. The first kappa shape index (κ1) is 13.0. The van der Waals surface area contributed by atoms with Gasteiger partial charge >= 0.3 is 0 Å². The molecule has 0 spiro atoms. The van der Waals surface area contributed by atoms with Gasteiger partial charge in [-0.05, 0) is 38.0 Å². The summed E-state index contributed by atoms with van der Waals surface area (Å²) in [6, 6.07) is 4.83. The van der Waals surface area contributed by atoms with Crippen LogP contribution in [-0.2, 0) is 10.0 Å². The van der Waals surface area contributed by atoms with Gasteiger partial charge in [-0.2, -0.15) is 0 Å². The van der Waals surface area contributed by atoms with E-state index in [9.17, 15) is 8.42 Å². The van der Waals surface area contributed by atoms with Crippen LogP contribution in [0.3, 0.4) is 0 Å². The van der Waals surface area contributed by atoms with Crippen LogP contribution in [0.2, 0.25) is 0 Å². The second-order valence-electron chi connectivity index (χ2n) is 3.90. The molecule has 0 radical (unpaired) electrons. The van der Waals surface area contributed by atoms with Gasteiger partial charge in [0.15, 0.2) is 0 Å². The van der Waals surface area contributed by atoms with Crippen LogP contribution in [0.4, 0.5) is 5.69 Å². The van der Waals surface area contributed by atoms with Crippen LogP contribution in [0.1, 0.15) is 25.8 Å². The fourth-order valence-electron chi connectivity index (χ4n) is 1.33. The van der Waals surface area contributed by atoms with Crippen molar-refractivity contribution in [3.8, 4) is 0 Å². The summed E-state index contributed by atoms with van der Waals surface area (Å²) in [7, 11) is -3.45. The molecule has 0 aliphatic heterocycles. The van der Waals surface area contributed by atoms with Gasteiger partial charge in [-0.3, -0.25) is 0 Å². The highest BCUT2D eigenvalue weighted by Crippen LogP contribution is 2.20. The maximum atomic E-state index is 12.0. The Bertz CT molecular complexity index is 469. The van der Waals surface area contributed by atoms with E-state index in [0.717, 1.165) is 6.42 Å². The maximum Gasteiger partial charge on any atom is 0.241 e. The van der Waals surface area contributed by atoms with Crippen LogP contribution in [-0.4, -0.2) is 14.5 Å². The molecule has 90 valence electrons. The van der Waals surface area contributed by atoms with Crippen molar-refractivity contribution in [2.24, 2.45) is 0 Å². The molecule has 0 amide bonds. The molecule has 4 nitrogen and oxygen atoms in total. The third kappa shape index (κ3) is 2.74. The number of hydrogen-bond acceptors (Lipinski definition) is 3. The molecule has 0 aliphatic rings. The summed E-state index contributed by atoms with van der Waals surface area (Å²) in [5.41, 5.74) is 6.78. The molecule has 1 unspecified atom stereocenters. The van der Waals surface area contributed by atoms with Crippen molar-refractivity contribution in [3.63, 3.8) is 0 Å². The van der Waals surface area contributed by atoms with Gasteiger partial charge in [-0.25, -0.2) is 13.1 Å². The van der Waals surface area contributed by atoms with E-state index < -0.39 is 10.0 Å². The Balaban J connectivity index is 3.13. The van der Waals surface area contributed by atoms with Crippen LogP contribution >= 0.6 is 0 Å². The Morgan fingerprint density at radius 2 is 2.06 bits per heavy atom. The summed E-state index contributed by atoms with van der Waals surface area (Å²) in [4.78, 5) is 0.257. The molecule has 0 fully saturated rings. The average Bonchev–Trinajstić information content (AvgIpc) is 2.21. The fourth-order valence-corrected chi connectivity index (χ4v) is 2.94. The van der Waals surface area contributed by atoms with Crippen LogP contribution in [0.15, 0.2) is 23.1 Å². The van der Waals surface area contributed by atoms with Gasteiger partial charge in [0.1, 0.15) is 0 Å². The highest BCUT2D eigenvalue weighted by atomic mass is 32.2. The molecule has 0 bridgehead atoms. The van der Waals surface area contributed by atoms with Gasteiger partial charge in [0.25, 0.3) is 0 Å². The van der Waals surface area contributed by atoms with E-state index in [0.29, 0.717) is 11.3 Å². The minimum Gasteiger partial charge on any atom is -0.398 e. The van der Waals surface area contributed by atoms with Crippen molar-refractivity contribution in [2.45, 2.75) is 38.1 Å². The fraction of sp³-hybridized carbons (Fsp3) is 0.455. The molecular weight excluding hydrogens is 224 g/mol. The molecular formula is C11H18N2O2S. The second-order valence-corrected chi connectivity index (χ2v) is 5.58. The monoisotopic (exact) mass is 242 g/mol.